The second-order valence-corrected chi connectivity index (χ2v) is 7.75. The Morgan fingerprint density at radius 2 is 1.86 bits per heavy atom. The number of aliphatic imine (C=N–C) groups is 1. The molecule has 2 aliphatic rings. The lowest BCUT2D eigenvalue weighted by atomic mass is 9.74. The van der Waals surface area contributed by atoms with Crippen molar-refractivity contribution in [3.8, 4) is 11.5 Å². The topological polar surface area (TPSA) is 64.1 Å². The summed E-state index contributed by atoms with van der Waals surface area (Å²) < 4.78 is 16.4. The lowest BCUT2D eigenvalue weighted by molar-refractivity contribution is 0.0514. The monoisotopic (exact) mass is 415 g/mol. The Balaban J connectivity index is 1.41. The normalized spacial score (nSPS) is 17.8. The Labute approximate surface area is 176 Å². The van der Waals surface area contributed by atoms with Crippen molar-refractivity contribution in [3.05, 3.63) is 58.6 Å². The van der Waals surface area contributed by atoms with Gasteiger partial charge < -0.3 is 24.8 Å². The molecule has 2 N–H and O–H groups in total. The summed E-state index contributed by atoms with van der Waals surface area (Å²) in [7, 11) is 1.78. The molecule has 0 amide bonds. The number of benzene rings is 2. The molecule has 0 spiro atoms. The zero-order valence-electron chi connectivity index (χ0n) is 16.5. The molecule has 0 unspecified atom stereocenters. The Hall–Kier alpha value is -2.44. The third-order valence-corrected chi connectivity index (χ3v) is 5.94. The molecule has 7 heteroatoms. The van der Waals surface area contributed by atoms with E-state index in [-0.39, 0.29) is 12.2 Å². The minimum Gasteiger partial charge on any atom is -0.454 e. The lowest BCUT2D eigenvalue weighted by Crippen LogP contribution is -2.48. The Morgan fingerprint density at radius 3 is 2.66 bits per heavy atom. The van der Waals surface area contributed by atoms with Gasteiger partial charge in [0.15, 0.2) is 17.5 Å². The van der Waals surface area contributed by atoms with Crippen LogP contribution in [0.3, 0.4) is 0 Å². The van der Waals surface area contributed by atoms with E-state index >= 15 is 0 Å². The van der Waals surface area contributed by atoms with Crippen molar-refractivity contribution >= 4 is 17.6 Å². The van der Waals surface area contributed by atoms with Gasteiger partial charge in [-0.05, 0) is 42.2 Å². The summed E-state index contributed by atoms with van der Waals surface area (Å²) in [4.78, 5) is 4.38. The molecule has 0 bridgehead atoms. The van der Waals surface area contributed by atoms with E-state index in [1.54, 1.807) is 7.05 Å². The highest BCUT2D eigenvalue weighted by Gasteiger charge is 2.36. The first kappa shape index (κ1) is 19.9. The molecule has 1 fully saturated rings. The summed E-state index contributed by atoms with van der Waals surface area (Å²) in [6.45, 7) is 3.12. The average Bonchev–Trinajstić information content (AvgIpc) is 3.23. The number of fused-ring (bicyclic) bond motifs is 1. The molecule has 0 radical (unpaired) electrons. The number of hydrogen-bond acceptors (Lipinski definition) is 4. The molecule has 6 nitrogen and oxygen atoms in total. The van der Waals surface area contributed by atoms with Crippen LogP contribution in [0.4, 0.5) is 0 Å². The summed E-state index contributed by atoms with van der Waals surface area (Å²) in [6.07, 6.45) is 1.84. The predicted molar refractivity (Wildman–Crippen MR) is 114 cm³/mol. The van der Waals surface area contributed by atoms with E-state index in [1.807, 2.05) is 36.4 Å². The molecular formula is C22H26ClN3O3. The third kappa shape index (κ3) is 4.43. The van der Waals surface area contributed by atoms with Crippen molar-refractivity contribution in [2.45, 2.75) is 24.8 Å². The van der Waals surface area contributed by atoms with Gasteiger partial charge in [0.05, 0.1) is 0 Å². The highest BCUT2D eigenvalue weighted by atomic mass is 35.5. The highest BCUT2D eigenvalue weighted by molar-refractivity contribution is 6.31. The van der Waals surface area contributed by atoms with E-state index in [9.17, 15) is 0 Å². The Bertz CT molecular complexity index is 881. The fraction of sp³-hybridized carbons (Fsp3) is 0.409. The summed E-state index contributed by atoms with van der Waals surface area (Å²) >= 11 is 6.55. The van der Waals surface area contributed by atoms with Crippen LogP contribution in [0.2, 0.25) is 5.02 Å². The summed E-state index contributed by atoms with van der Waals surface area (Å²) in [5.41, 5.74) is 2.19. The number of hydrogen-bond donors (Lipinski definition) is 2. The number of ether oxygens (including phenoxy) is 3. The minimum absolute atomic E-state index is 0.0764. The Morgan fingerprint density at radius 1 is 1.07 bits per heavy atom. The van der Waals surface area contributed by atoms with Gasteiger partial charge in [-0.3, -0.25) is 4.99 Å². The van der Waals surface area contributed by atoms with Gasteiger partial charge in [0.1, 0.15) is 0 Å². The maximum Gasteiger partial charge on any atom is 0.231 e. The van der Waals surface area contributed by atoms with Crippen LogP contribution in [-0.4, -0.2) is 39.6 Å². The van der Waals surface area contributed by atoms with E-state index in [1.165, 1.54) is 5.56 Å². The predicted octanol–water partition coefficient (Wildman–Crippen LogP) is 3.48. The molecule has 2 aromatic carbocycles. The van der Waals surface area contributed by atoms with E-state index in [4.69, 9.17) is 25.8 Å². The van der Waals surface area contributed by atoms with E-state index < -0.39 is 0 Å². The van der Waals surface area contributed by atoms with Crippen molar-refractivity contribution in [1.29, 1.82) is 0 Å². The van der Waals surface area contributed by atoms with Gasteiger partial charge >= 0.3 is 0 Å². The molecule has 0 aromatic heterocycles. The first-order chi connectivity index (χ1) is 14.2. The van der Waals surface area contributed by atoms with Crippen LogP contribution in [0, 0.1) is 0 Å². The van der Waals surface area contributed by atoms with E-state index in [0.717, 1.165) is 60.6 Å². The molecule has 2 aliphatic heterocycles. The molecule has 154 valence electrons. The third-order valence-electron chi connectivity index (χ3n) is 5.61. The SMILES string of the molecule is CN=C(NCc1ccc2c(c1)OCO2)NCC1(c2ccccc2Cl)CCOCC1. The first-order valence-electron chi connectivity index (χ1n) is 9.86. The molecule has 1 saturated heterocycles. The summed E-state index contributed by atoms with van der Waals surface area (Å²) in [6, 6.07) is 14.1. The maximum absolute atomic E-state index is 6.55. The molecular weight excluding hydrogens is 390 g/mol. The van der Waals surface area contributed by atoms with Gasteiger partial charge in [-0.25, -0.2) is 0 Å². The zero-order valence-corrected chi connectivity index (χ0v) is 17.3. The minimum atomic E-state index is -0.0764. The fourth-order valence-electron chi connectivity index (χ4n) is 3.91. The average molecular weight is 416 g/mol. The number of nitrogens with zero attached hydrogens (tertiary/aromatic N) is 1. The second kappa shape index (κ2) is 8.93. The van der Waals surface area contributed by atoms with Crippen LogP contribution in [0.25, 0.3) is 0 Å². The zero-order chi connectivity index (χ0) is 20.1. The number of rotatable bonds is 5. The van der Waals surface area contributed by atoms with Gasteiger partial charge in [0, 0.05) is 43.8 Å². The summed E-state index contributed by atoms with van der Waals surface area (Å²) in [5, 5.41) is 7.68. The molecule has 0 saturated carbocycles. The first-order valence-corrected chi connectivity index (χ1v) is 10.2. The van der Waals surface area contributed by atoms with Crippen molar-refractivity contribution in [1.82, 2.24) is 10.6 Å². The number of nitrogens with one attached hydrogen (secondary N) is 2. The van der Waals surface area contributed by atoms with Gasteiger partial charge in [-0.15, -0.1) is 0 Å². The van der Waals surface area contributed by atoms with Gasteiger partial charge in [-0.2, -0.15) is 0 Å². The fourth-order valence-corrected chi connectivity index (χ4v) is 4.24. The molecule has 2 aromatic rings. The molecule has 2 heterocycles. The van der Waals surface area contributed by atoms with Crippen molar-refractivity contribution < 1.29 is 14.2 Å². The van der Waals surface area contributed by atoms with E-state index in [2.05, 4.69) is 21.7 Å². The highest BCUT2D eigenvalue weighted by Crippen LogP contribution is 2.38. The van der Waals surface area contributed by atoms with Gasteiger partial charge in [-0.1, -0.05) is 35.9 Å². The molecule has 0 aliphatic carbocycles. The second-order valence-electron chi connectivity index (χ2n) is 7.34. The number of guanidine groups is 1. The van der Waals surface area contributed by atoms with Crippen LogP contribution >= 0.6 is 11.6 Å². The largest absolute Gasteiger partial charge is 0.454 e. The van der Waals surface area contributed by atoms with Gasteiger partial charge in [0.2, 0.25) is 6.79 Å². The maximum atomic E-state index is 6.55. The van der Waals surface area contributed by atoms with Crippen LogP contribution in [0.1, 0.15) is 24.0 Å². The standard InChI is InChI=1S/C22H26ClN3O3/c1-24-21(25-13-16-6-7-19-20(12-16)29-15-28-19)26-14-22(8-10-27-11-9-22)17-4-2-3-5-18(17)23/h2-7,12H,8-11,13-15H2,1H3,(H2,24,25,26). The van der Waals surface area contributed by atoms with Gasteiger partial charge in [0.25, 0.3) is 0 Å². The molecule has 4 rings (SSSR count). The molecule has 29 heavy (non-hydrogen) atoms. The lowest BCUT2D eigenvalue weighted by Gasteiger charge is -2.38. The number of halogens is 1. The van der Waals surface area contributed by atoms with Crippen LogP contribution in [0.5, 0.6) is 11.5 Å². The Kier molecular flexibility index (Phi) is 6.11. The van der Waals surface area contributed by atoms with Crippen molar-refractivity contribution in [2.75, 3.05) is 33.6 Å². The van der Waals surface area contributed by atoms with Crippen molar-refractivity contribution in [2.24, 2.45) is 4.99 Å². The summed E-state index contributed by atoms with van der Waals surface area (Å²) in [5.74, 6) is 2.32. The smallest absolute Gasteiger partial charge is 0.231 e. The van der Waals surface area contributed by atoms with Crippen LogP contribution < -0.4 is 20.1 Å². The van der Waals surface area contributed by atoms with Crippen LogP contribution in [-0.2, 0) is 16.7 Å². The quantitative estimate of drug-likeness (QED) is 0.578. The molecule has 0 atom stereocenters. The van der Waals surface area contributed by atoms with Crippen LogP contribution in [0.15, 0.2) is 47.5 Å². The van der Waals surface area contributed by atoms with Crippen molar-refractivity contribution in [3.63, 3.8) is 0 Å². The van der Waals surface area contributed by atoms with E-state index in [0.29, 0.717) is 6.54 Å².